The molecule has 4 rings (SSSR count). The highest BCUT2D eigenvalue weighted by Crippen LogP contribution is 2.39. The fourth-order valence-corrected chi connectivity index (χ4v) is 4.72. The molecular weight excluding hydrogens is 298 g/mol. The highest BCUT2D eigenvalue weighted by Gasteiger charge is 2.18. The van der Waals surface area contributed by atoms with Gasteiger partial charge in [0.2, 0.25) is 0 Å². The molecule has 1 aliphatic heterocycles. The van der Waals surface area contributed by atoms with Crippen LogP contribution < -0.4 is 5.32 Å². The number of allylic oxidation sites excluding steroid dienone is 3. The van der Waals surface area contributed by atoms with Crippen LogP contribution in [0.25, 0.3) is 20.2 Å². The molecule has 116 valence electrons. The molecular formula is C21H21NS. The van der Waals surface area contributed by atoms with Gasteiger partial charge in [-0.05, 0) is 31.1 Å². The van der Waals surface area contributed by atoms with Crippen LogP contribution in [0.2, 0.25) is 0 Å². The van der Waals surface area contributed by atoms with E-state index in [1.807, 2.05) is 11.3 Å². The van der Waals surface area contributed by atoms with Crippen molar-refractivity contribution in [1.29, 1.82) is 0 Å². The van der Waals surface area contributed by atoms with Gasteiger partial charge in [0.25, 0.3) is 0 Å². The molecule has 2 aromatic carbocycles. The van der Waals surface area contributed by atoms with Gasteiger partial charge in [-0.3, -0.25) is 0 Å². The number of hydrogen-bond acceptors (Lipinski definition) is 2. The highest BCUT2D eigenvalue weighted by atomic mass is 32.1. The predicted molar refractivity (Wildman–Crippen MR) is 102 cm³/mol. The van der Waals surface area contributed by atoms with Crippen molar-refractivity contribution in [3.05, 3.63) is 71.5 Å². The van der Waals surface area contributed by atoms with Crippen molar-refractivity contribution in [3.63, 3.8) is 0 Å². The second-order valence-corrected chi connectivity index (χ2v) is 7.33. The second kappa shape index (κ2) is 5.86. The Labute approximate surface area is 141 Å². The smallest absolute Gasteiger partial charge is 0.0714 e. The summed E-state index contributed by atoms with van der Waals surface area (Å²) in [5.74, 6) is 0. The fraction of sp³-hybridized carbons (Fsp3) is 0.238. The first kappa shape index (κ1) is 14.5. The number of hydrogen-bond donors (Lipinski definition) is 1. The van der Waals surface area contributed by atoms with Gasteiger partial charge in [-0.15, -0.1) is 11.3 Å². The predicted octanol–water partition coefficient (Wildman–Crippen LogP) is 6.33. The zero-order valence-corrected chi connectivity index (χ0v) is 14.4. The molecule has 2 heterocycles. The minimum Gasteiger partial charge on any atom is -0.378 e. The Hall–Kier alpha value is -2.06. The highest BCUT2D eigenvalue weighted by molar-refractivity contribution is 7.26. The molecule has 1 unspecified atom stereocenters. The molecule has 1 N–H and O–H groups in total. The molecule has 0 aliphatic carbocycles. The minimum absolute atomic E-state index is 0.276. The van der Waals surface area contributed by atoms with Crippen molar-refractivity contribution in [1.82, 2.24) is 5.32 Å². The topological polar surface area (TPSA) is 12.0 Å². The van der Waals surface area contributed by atoms with Crippen molar-refractivity contribution >= 4 is 31.5 Å². The first-order chi connectivity index (χ1) is 11.3. The van der Waals surface area contributed by atoms with Gasteiger partial charge in [0.15, 0.2) is 0 Å². The van der Waals surface area contributed by atoms with E-state index < -0.39 is 0 Å². The number of dihydropyridines is 1. The van der Waals surface area contributed by atoms with E-state index in [4.69, 9.17) is 0 Å². The Balaban J connectivity index is 1.85. The first-order valence-electron chi connectivity index (χ1n) is 8.32. The second-order valence-electron chi connectivity index (χ2n) is 6.27. The molecule has 1 atom stereocenters. The van der Waals surface area contributed by atoms with Crippen LogP contribution >= 0.6 is 11.3 Å². The number of thiophene rings is 1. The zero-order chi connectivity index (χ0) is 15.8. The Bertz CT molecular complexity index is 929. The summed E-state index contributed by atoms with van der Waals surface area (Å²) in [6.07, 6.45) is 6.92. The van der Waals surface area contributed by atoms with Crippen LogP contribution in [0.4, 0.5) is 0 Å². The summed E-state index contributed by atoms with van der Waals surface area (Å²) in [7, 11) is 0. The number of fused-ring (bicyclic) bond motifs is 3. The van der Waals surface area contributed by atoms with E-state index in [0.29, 0.717) is 0 Å². The van der Waals surface area contributed by atoms with E-state index in [1.54, 1.807) is 0 Å². The van der Waals surface area contributed by atoms with Gasteiger partial charge in [0.05, 0.1) is 6.04 Å². The van der Waals surface area contributed by atoms with Crippen LogP contribution in [0.15, 0.2) is 65.9 Å². The van der Waals surface area contributed by atoms with Crippen molar-refractivity contribution in [2.75, 3.05) is 0 Å². The quantitative estimate of drug-likeness (QED) is 0.595. The third-order valence-corrected chi connectivity index (χ3v) is 5.70. The number of rotatable bonds is 3. The summed E-state index contributed by atoms with van der Waals surface area (Å²) in [4.78, 5) is 0. The lowest BCUT2D eigenvalue weighted by Crippen LogP contribution is -2.22. The van der Waals surface area contributed by atoms with Crippen molar-refractivity contribution in [2.45, 2.75) is 32.7 Å². The maximum atomic E-state index is 3.73. The van der Waals surface area contributed by atoms with E-state index in [1.165, 1.54) is 43.4 Å². The molecule has 0 radical (unpaired) electrons. The Morgan fingerprint density at radius 1 is 1.04 bits per heavy atom. The van der Waals surface area contributed by atoms with Crippen LogP contribution in [-0.4, -0.2) is 0 Å². The van der Waals surface area contributed by atoms with Gasteiger partial charge >= 0.3 is 0 Å². The molecule has 1 aliphatic rings. The fourth-order valence-electron chi connectivity index (χ4n) is 3.46. The van der Waals surface area contributed by atoms with E-state index in [0.717, 1.165) is 6.42 Å². The minimum atomic E-state index is 0.276. The van der Waals surface area contributed by atoms with Crippen LogP contribution in [0.1, 0.15) is 38.3 Å². The molecule has 0 spiro atoms. The molecule has 0 bridgehead atoms. The molecule has 1 aromatic heterocycles. The maximum absolute atomic E-state index is 3.73. The molecule has 0 fully saturated rings. The normalized spacial score (nSPS) is 17.9. The Morgan fingerprint density at radius 2 is 1.87 bits per heavy atom. The molecule has 3 aromatic rings. The van der Waals surface area contributed by atoms with E-state index >= 15 is 0 Å². The summed E-state index contributed by atoms with van der Waals surface area (Å²) < 4.78 is 2.78. The zero-order valence-electron chi connectivity index (χ0n) is 13.6. The average Bonchev–Trinajstić information content (AvgIpc) is 2.93. The van der Waals surface area contributed by atoms with Gasteiger partial charge < -0.3 is 5.32 Å². The lowest BCUT2D eigenvalue weighted by molar-refractivity contribution is 0.660. The average molecular weight is 319 g/mol. The van der Waals surface area contributed by atoms with Crippen LogP contribution in [0, 0.1) is 0 Å². The van der Waals surface area contributed by atoms with E-state index in [-0.39, 0.29) is 6.04 Å². The van der Waals surface area contributed by atoms with E-state index in [9.17, 15) is 0 Å². The SMILES string of the molecule is CCCC1=CC(C)=CC(c2cccc3c2sc2ccccc23)N1. The molecule has 0 amide bonds. The van der Waals surface area contributed by atoms with Gasteiger partial charge in [-0.2, -0.15) is 0 Å². The lowest BCUT2D eigenvalue weighted by Gasteiger charge is -2.24. The monoisotopic (exact) mass is 319 g/mol. The summed E-state index contributed by atoms with van der Waals surface area (Å²) >= 11 is 1.91. The number of nitrogens with one attached hydrogen (secondary N) is 1. The van der Waals surface area contributed by atoms with Crippen LogP contribution in [-0.2, 0) is 0 Å². The lowest BCUT2D eigenvalue weighted by atomic mass is 9.97. The van der Waals surface area contributed by atoms with Crippen molar-refractivity contribution in [2.24, 2.45) is 0 Å². The van der Waals surface area contributed by atoms with Crippen molar-refractivity contribution in [3.8, 4) is 0 Å². The van der Waals surface area contributed by atoms with Crippen molar-refractivity contribution < 1.29 is 0 Å². The van der Waals surface area contributed by atoms with Crippen LogP contribution in [0.3, 0.4) is 0 Å². The first-order valence-corrected chi connectivity index (χ1v) is 9.13. The third kappa shape index (κ3) is 2.57. The van der Waals surface area contributed by atoms with Gasteiger partial charge in [0, 0.05) is 25.9 Å². The molecule has 0 saturated heterocycles. The Morgan fingerprint density at radius 3 is 2.74 bits per heavy atom. The molecule has 2 heteroatoms. The largest absolute Gasteiger partial charge is 0.378 e. The summed E-state index contributed by atoms with van der Waals surface area (Å²) in [6.45, 7) is 4.44. The third-order valence-electron chi connectivity index (χ3n) is 4.46. The maximum Gasteiger partial charge on any atom is 0.0714 e. The van der Waals surface area contributed by atoms with E-state index in [2.05, 4.69) is 73.8 Å². The van der Waals surface area contributed by atoms with Crippen LogP contribution in [0.5, 0.6) is 0 Å². The molecule has 23 heavy (non-hydrogen) atoms. The molecule has 1 nitrogen and oxygen atoms in total. The van der Waals surface area contributed by atoms with Gasteiger partial charge in [0.1, 0.15) is 0 Å². The Kier molecular flexibility index (Phi) is 3.70. The summed E-state index contributed by atoms with van der Waals surface area (Å²) in [6, 6.07) is 15.7. The summed E-state index contributed by atoms with van der Waals surface area (Å²) in [5.41, 5.74) is 4.11. The van der Waals surface area contributed by atoms with Gasteiger partial charge in [-0.1, -0.05) is 61.4 Å². The number of benzene rings is 2. The van der Waals surface area contributed by atoms with Gasteiger partial charge in [-0.25, -0.2) is 0 Å². The summed E-state index contributed by atoms with van der Waals surface area (Å²) in [5, 5.41) is 6.48. The standard InChI is InChI=1S/C21H21NS/c1-3-7-15-12-14(2)13-19(22-15)18-10-6-9-17-16-8-4-5-11-20(16)23-21(17)18/h4-6,8-13,19,22H,3,7H2,1-2H3. The molecule has 0 saturated carbocycles.